The van der Waals surface area contributed by atoms with E-state index in [0.717, 1.165) is 11.3 Å². The zero-order chi connectivity index (χ0) is 65.5. The van der Waals surface area contributed by atoms with Crippen molar-refractivity contribution in [1.82, 2.24) is 46.3 Å². The maximum Gasteiger partial charge on any atom is 0.409 e. The first-order valence-corrected chi connectivity index (χ1v) is 30.4. The molecule has 0 saturated carbocycles. The van der Waals surface area contributed by atoms with Gasteiger partial charge >= 0.3 is 18.0 Å². The molecule has 0 saturated heterocycles. The van der Waals surface area contributed by atoms with Gasteiger partial charge in [0.2, 0.25) is 23.6 Å². The number of carbonyl (C=O) groups excluding carboxylic acids is 9. The van der Waals surface area contributed by atoms with Crippen LogP contribution in [0.1, 0.15) is 121 Å². The lowest BCUT2D eigenvalue weighted by molar-refractivity contribution is -0.142. The maximum absolute atomic E-state index is 14.5. The van der Waals surface area contributed by atoms with Gasteiger partial charge in [-0.2, -0.15) is 0 Å². The Hall–Kier alpha value is -7.29. The van der Waals surface area contributed by atoms with E-state index in [2.05, 4.69) is 48.7 Å². The van der Waals surface area contributed by atoms with E-state index < -0.39 is 77.3 Å². The van der Waals surface area contributed by atoms with E-state index in [1.54, 1.807) is 56.9 Å². The number of nitrogens with zero attached hydrogens (tertiary/aromatic N) is 4. The third-order valence-corrected chi connectivity index (χ3v) is 15.4. The Balaban J connectivity index is 1.88. The molecule has 1 aliphatic heterocycles. The average molecular weight is 1260 g/mol. The first-order valence-electron chi connectivity index (χ1n) is 29.6. The Morgan fingerprint density at radius 1 is 0.773 bits per heavy atom. The van der Waals surface area contributed by atoms with E-state index in [-0.39, 0.29) is 169 Å². The number of rotatable bonds is 19. The predicted molar refractivity (Wildman–Crippen MR) is 326 cm³/mol. The van der Waals surface area contributed by atoms with E-state index in [0.29, 0.717) is 12.0 Å². The van der Waals surface area contributed by atoms with Crippen LogP contribution in [-0.2, 0) is 68.5 Å². The van der Waals surface area contributed by atoms with Crippen molar-refractivity contribution in [3.63, 3.8) is 0 Å². The summed E-state index contributed by atoms with van der Waals surface area (Å²) in [5.41, 5.74) is -0.377. The molecule has 1 aromatic carbocycles. The number of amides is 8. The number of nitrogens with one attached hydrogen (secondary N) is 6. The summed E-state index contributed by atoms with van der Waals surface area (Å²) in [5.74, 6) is -2.27. The summed E-state index contributed by atoms with van der Waals surface area (Å²) < 4.78 is 33.6. The van der Waals surface area contributed by atoms with Gasteiger partial charge in [0.15, 0.2) is 11.9 Å². The largest absolute Gasteiger partial charge is 0.481 e. The van der Waals surface area contributed by atoms with Gasteiger partial charge in [-0.1, -0.05) is 47.1 Å². The zero-order valence-corrected chi connectivity index (χ0v) is 53.8. The molecule has 0 aliphatic carbocycles. The number of hydrogen-bond donors (Lipinski definition) is 7. The van der Waals surface area contributed by atoms with E-state index in [1.807, 2.05) is 27.7 Å². The third kappa shape index (κ3) is 27.0. The Morgan fingerprint density at radius 3 is 1.94 bits per heavy atom. The molecular weight excluding hydrogens is 1160 g/mol. The van der Waals surface area contributed by atoms with Gasteiger partial charge in [0, 0.05) is 89.3 Å². The summed E-state index contributed by atoms with van der Waals surface area (Å²) in [5, 5.41) is 28.2. The smallest absolute Gasteiger partial charge is 0.409 e. The second-order valence-electron chi connectivity index (χ2n) is 22.5. The van der Waals surface area contributed by atoms with Crippen molar-refractivity contribution in [2.24, 2.45) is 17.8 Å². The first kappa shape index (κ1) is 75.0. The number of ether oxygens (including phenoxy) is 6. The van der Waals surface area contributed by atoms with Gasteiger partial charge in [0.1, 0.15) is 16.7 Å². The van der Waals surface area contributed by atoms with Crippen LogP contribution in [0.25, 0.3) is 0 Å². The number of esters is 1. The Labute approximate surface area is 520 Å². The Kier molecular flexibility index (Phi) is 33.1. The molecule has 3 rings (SSSR count). The molecule has 2 aromatic rings. The Bertz CT molecular complexity index is 2710. The molecule has 2 heterocycles. The monoisotopic (exact) mass is 1260 g/mol. The SMILES string of the molecule is CC[C@H](C)[C@H](NC(=O)C(C)(C)N(C)C)C(=O)N(C)[C@H](C[C@@H](OC(=O)N(C)C)c1nc(C(=O)N[C@@H](Cc2ccc3c(c2)NC(=O)CCCNC(=O)CCOCCOCCNC(=O)C#CC(=O)NCCOCCOCCC(=O)O3)CC(C)C(=O)O)cs1)C(C)C. The molecule has 6 atom stereocenters. The summed E-state index contributed by atoms with van der Waals surface area (Å²) in [6.45, 7) is 14.0. The summed E-state index contributed by atoms with van der Waals surface area (Å²) in [7, 11) is 8.24. The van der Waals surface area contributed by atoms with Crippen LogP contribution in [0.15, 0.2) is 23.6 Å². The zero-order valence-electron chi connectivity index (χ0n) is 53.0. The molecule has 0 fully saturated rings. The van der Waals surface area contributed by atoms with Crippen molar-refractivity contribution in [2.45, 2.75) is 130 Å². The molecule has 8 amide bonds. The lowest BCUT2D eigenvalue weighted by Gasteiger charge is -2.38. The van der Waals surface area contributed by atoms with Crippen molar-refractivity contribution in [2.75, 3.05) is 113 Å². The molecule has 0 radical (unpaired) electrons. The summed E-state index contributed by atoms with van der Waals surface area (Å²) in [6.07, 6.45) is -1.08. The normalized spacial score (nSPS) is 17.6. The Morgan fingerprint density at radius 2 is 1.38 bits per heavy atom. The standard InChI is InChI=1S/C60H92N10O17S/c1-13-39(4)53(67-58(80)60(6,7)69(10)11)56(77)70(12)45(38(2)3)36-47(87-59(81)68(8)9)55-66-44(37-88-55)54(76)64-42(33-40(5)57(78)79)34-41-16-17-46-43(35-41)65-51(74)15-14-22-61-50(73)20-25-82-29-31-84-27-23-62-48(71)18-19-49(72)63-24-28-85-32-30-83-26-21-52(75)86-46/h16-17,35,37-40,42,45,47,53H,13-15,20-34,36H2,1-12H3,(H,61,73)(H,62,71)(H,63,72)(H,64,76)(H,65,74)(H,67,80)(H,78,79)/t39-,40?,42+,45+,47+,53-/m0/s1. The van der Waals surface area contributed by atoms with Crippen LogP contribution >= 0.6 is 11.3 Å². The fraction of sp³-hybridized carbons (Fsp3) is 0.650. The van der Waals surface area contributed by atoms with Gasteiger partial charge in [-0.3, -0.25) is 48.1 Å². The van der Waals surface area contributed by atoms with Crippen molar-refractivity contribution in [3.05, 3.63) is 39.8 Å². The molecule has 1 aromatic heterocycles. The van der Waals surface area contributed by atoms with Gasteiger partial charge in [-0.15, -0.1) is 11.3 Å². The molecule has 490 valence electrons. The molecule has 7 N–H and O–H groups in total. The van der Waals surface area contributed by atoms with Crippen LogP contribution in [-0.4, -0.2) is 216 Å². The number of benzene rings is 1. The minimum absolute atomic E-state index is 0.0152. The highest BCUT2D eigenvalue weighted by atomic mass is 32.1. The van der Waals surface area contributed by atoms with Gasteiger partial charge in [0.25, 0.3) is 17.7 Å². The minimum Gasteiger partial charge on any atom is -0.481 e. The van der Waals surface area contributed by atoms with Crippen LogP contribution in [0.4, 0.5) is 10.5 Å². The molecule has 0 bridgehead atoms. The van der Waals surface area contributed by atoms with Crippen molar-refractivity contribution in [1.29, 1.82) is 0 Å². The van der Waals surface area contributed by atoms with Gasteiger partial charge in [0.05, 0.1) is 76.4 Å². The topological polar surface area (TPSA) is 341 Å². The molecule has 0 spiro atoms. The quantitative estimate of drug-likeness (QED) is 0.0604. The summed E-state index contributed by atoms with van der Waals surface area (Å²) >= 11 is 1.06. The van der Waals surface area contributed by atoms with E-state index >= 15 is 0 Å². The number of carbonyl (C=O) groups is 10. The fourth-order valence-electron chi connectivity index (χ4n) is 8.40. The van der Waals surface area contributed by atoms with Crippen molar-refractivity contribution in [3.8, 4) is 17.6 Å². The van der Waals surface area contributed by atoms with Crippen LogP contribution in [0.3, 0.4) is 0 Å². The fourth-order valence-corrected chi connectivity index (χ4v) is 9.24. The number of aromatic nitrogens is 1. The lowest BCUT2D eigenvalue weighted by Crippen LogP contribution is -2.60. The van der Waals surface area contributed by atoms with Crippen LogP contribution in [0.5, 0.6) is 5.75 Å². The average Bonchev–Trinajstić information content (AvgIpc) is 4.14. The number of carboxylic acid groups (broad SMARTS) is 1. The number of thiazole rings is 1. The number of carboxylic acids is 1. The molecule has 1 aliphatic rings. The number of likely N-dealkylation sites (N-methyl/N-ethyl adjacent to an activating group) is 2. The second kappa shape index (κ2) is 38.9. The number of fused-ring (bicyclic) bond motifs is 1. The first-order chi connectivity index (χ1) is 41.6. The molecule has 27 nitrogen and oxygen atoms in total. The van der Waals surface area contributed by atoms with Crippen LogP contribution in [0, 0.1) is 29.6 Å². The van der Waals surface area contributed by atoms with Crippen LogP contribution < -0.4 is 36.6 Å². The van der Waals surface area contributed by atoms with E-state index in [9.17, 15) is 53.1 Å². The highest BCUT2D eigenvalue weighted by Gasteiger charge is 2.39. The highest BCUT2D eigenvalue weighted by molar-refractivity contribution is 7.09. The lowest BCUT2D eigenvalue weighted by atomic mass is 9.92. The minimum atomic E-state index is -1.12. The van der Waals surface area contributed by atoms with Gasteiger partial charge in [-0.25, -0.2) is 9.78 Å². The van der Waals surface area contributed by atoms with Crippen LogP contribution in [0.2, 0.25) is 0 Å². The van der Waals surface area contributed by atoms with E-state index in [4.69, 9.17) is 28.4 Å². The number of anilines is 1. The van der Waals surface area contributed by atoms with E-state index in [1.165, 1.54) is 37.4 Å². The predicted octanol–water partition coefficient (Wildman–Crippen LogP) is 2.91. The van der Waals surface area contributed by atoms with Gasteiger partial charge in [-0.05, 0) is 76.7 Å². The third-order valence-electron chi connectivity index (χ3n) is 14.5. The molecular formula is C60H92N10O17S. The molecule has 28 heteroatoms. The number of aliphatic carboxylic acids is 1. The molecule has 1 unspecified atom stereocenters. The van der Waals surface area contributed by atoms with Crippen molar-refractivity contribution < 1.29 is 81.5 Å². The maximum atomic E-state index is 14.5. The van der Waals surface area contributed by atoms with Gasteiger partial charge < -0.3 is 75.2 Å². The molecule has 88 heavy (non-hydrogen) atoms. The summed E-state index contributed by atoms with van der Waals surface area (Å²) in [6, 6.07) is 2.34. The summed E-state index contributed by atoms with van der Waals surface area (Å²) in [4.78, 5) is 140. The second-order valence-corrected chi connectivity index (χ2v) is 23.4. The number of hydrogen-bond acceptors (Lipinski definition) is 19. The van der Waals surface area contributed by atoms with Crippen molar-refractivity contribution >= 4 is 76.4 Å². The highest BCUT2D eigenvalue weighted by Crippen LogP contribution is 2.32.